The summed E-state index contributed by atoms with van der Waals surface area (Å²) < 4.78 is 0. The van der Waals surface area contributed by atoms with Gasteiger partial charge in [-0.05, 0) is 12.8 Å². The zero-order valence-corrected chi connectivity index (χ0v) is 9.11. The largest absolute Gasteiger partial charge is 0.391 e. The van der Waals surface area contributed by atoms with Gasteiger partial charge in [-0.1, -0.05) is 5.16 Å². The van der Waals surface area contributed by atoms with E-state index < -0.39 is 0 Å². The quantitative estimate of drug-likeness (QED) is 0.733. The average molecular weight is 209 g/mol. The number of nitrogens with zero attached hydrogens (tertiary/aromatic N) is 2. The zero-order chi connectivity index (χ0) is 10.1. The molecule has 2 fully saturated rings. The molecule has 1 atom stereocenters. The molecule has 0 aromatic heterocycles. The lowest BCUT2D eigenvalue weighted by molar-refractivity contribution is 0.0492. The van der Waals surface area contributed by atoms with Gasteiger partial charge in [-0.3, -0.25) is 4.90 Å². The molecule has 1 N–H and O–H groups in total. The summed E-state index contributed by atoms with van der Waals surface area (Å²) in [5.74, 6) is 0.776. The van der Waals surface area contributed by atoms with E-state index in [-0.39, 0.29) is 0 Å². The normalized spacial score (nSPS) is 32.5. The van der Waals surface area contributed by atoms with E-state index in [1.54, 1.807) is 0 Å². The van der Waals surface area contributed by atoms with Crippen LogP contribution >= 0.6 is 0 Å². The molecule has 0 aromatic rings. The summed E-state index contributed by atoms with van der Waals surface area (Å²) in [6.07, 6.45) is 4.08. The van der Waals surface area contributed by atoms with Gasteiger partial charge in [0.15, 0.2) is 0 Å². The van der Waals surface area contributed by atoms with Gasteiger partial charge in [0.25, 0.3) is 0 Å². The lowest BCUT2D eigenvalue weighted by atomic mass is 10.1. The molecule has 4 heteroatoms. The van der Waals surface area contributed by atoms with Gasteiger partial charge in [0.1, 0.15) is 6.10 Å². The lowest BCUT2D eigenvalue weighted by Gasteiger charge is -2.28. The van der Waals surface area contributed by atoms with E-state index in [0.29, 0.717) is 6.10 Å². The molecule has 0 bridgehead atoms. The van der Waals surface area contributed by atoms with E-state index in [2.05, 4.69) is 15.4 Å². The highest BCUT2D eigenvalue weighted by molar-refractivity contribution is 5.89. The van der Waals surface area contributed by atoms with Crippen LogP contribution in [0.15, 0.2) is 5.16 Å². The highest BCUT2D eigenvalue weighted by Gasteiger charge is 2.34. The van der Waals surface area contributed by atoms with Crippen LogP contribution in [0.25, 0.3) is 0 Å². The van der Waals surface area contributed by atoms with Crippen molar-refractivity contribution < 1.29 is 4.84 Å². The van der Waals surface area contributed by atoms with Crippen molar-refractivity contribution in [3.05, 3.63) is 0 Å². The maximum atomic E-state index is 5.50. The third kappa shape index (κ3) is 2.32. The zero-order valence-electron chi connectivity index (χ0n) is 9.11. The molecule has 0 amide bonds. The molecule has 2 heterocycles. The number of nitrogens with one attached hydrogen (secondary N) is 1. The molecule has 4 nitrogen and oxygen atoms in total. The van der Waals surface area contributed by atoms with Crippen molar-refractivity contribution >= 4 is 5.71 Å². The summed E-state index contributed by atoms with van der Waals surface area (Å²) in [5, 5.41) is 7.58. The van der Waals surface area contributed by atoms with Crippen molar-refractivity contribution in [1.29, 1.82) is 0 Å². The molecule has 0 aromatic carbocycles. The van der Waals surface area contributed by atoms with Crippen molar-refractivity contribution in [1.82, 2.24) is 10.2 Å². The Morgan fingerprint density at radius 1 is 1.33 bits per heavy atom. The van der Waals surface area contributed by atoms with E-state index in [1.807, 2.05) is 0 Å². The number of rotatable bonds is 3. The highest BCUT2D eigenvalue weighted by Crippen LogP contribution is 2.34. The summed E-state index contributed by atoms with van der Waals surface area (Å²) in [6, 6.07) is 0. The Bertz CT molecular complexity index is 257. The molecule has 2 aliphatic heterocycles. The van der Waals surface area contributed by atoms with Crippen molar-refractivity contribution in [3.63, 3.8) is 0 Å². The maximum Gasteiger partial charge on any atom is 0.145 e. The summed E-state index contributed by atoms with van der Waals surface area (Å²) in [5.41, 5.74) is 1.33. The first kappa shape index (κ1) is 9.60. The van der Waals surface area contributed by atoms with Crippen LogP contribution in [0.4, 0.5) is 0 Å². The Kier molecular flexibility index (Phi) is 2.63. The van der Waals surface area contributed by atoms with Crippen molar-refractivity contribution in [3.8, 4) is 0 Å². The van der Waals surface area contributed by atoms with Crippen LogP contribution in [0, 0.1) is 5.92 Å². The van der Waals surface area contributed by atoms with Crippen LogP contribution in [0.1, 0.15) is 19.3 Å². The van der Waals surface area contributed by atoms with Crippen LogP contribution in [-0.4, -0.2) is 49.4 Å². The molecule has 3 aliphatic rings. The molecular formula is C11H19N3O. The average Bonchev–Trinajstić information content (AvgIpc) is 3.02. The van der Waals surface area contributed by atoms with Crippen LogP contribution in [0.5, 0.6) is 0 Å². The third-order valence-corrected chi connectivity index (χ3v) is 3.48. The predicted molar refractivity (Wildman–Crippen MR) is 59.0 cm³/mol. The fourth-order valence-electron chi connectivity index (χ4n) is 2.39. The first-order chi connectivity index (χ1) is 7.42. The fraction of sp³-hybridized carbons (Fsp3) is 0.909. The Hall–Kier alpha value is -0.610. The first-order valence-electron chi connectivity index (χ1n) is 6.07. The molecule has 1 saturated heterocycles. The molecule has 84 valence electrons. The molecule has 3 rings (SSSR count). The summed E-state index contributed by atoms with van der Waals surface area (Å²) >= 11 is 0. The van der Waals surface area contributed by atoms with Gasteiger partial charge in [-0.2, -0.15) is 0 Å². The van der Waals surface area contributed by atoms with Gasteiger partial charge in [-0.15, -0.1) is 0 Å². The van der Waals surface area contributed by atoms with Gasteiger partial charge in [0.05, 0.1) is 5.71 Å². The SMILES string of the molecule is C1CN(CC2CC(C3CC3)=NO2)CCN1. The third-order valence-electron chi connectivity index (χ3n) is 3.48. The van der Waals surface area contributed by atoms with Crippen molar-refractivity contribution in [2.75, 3.05) is 32.7 Å². The minimum Gasteiger partial charge on any atom is -0.391 e. The molecular weight excluding hydrogens is 190 g/mol. The smallest absolute Gasteiger partial charge is 0.145 e. The number of piperazine rings is 1. The molecule has 1 saturated carbocycles. The van der Waals surface area contributed by atoms with Gasteiger partial charge in [0, 0.05) is 45.1 Å². The Balaban J connectivity index is 1.45. The van der Waals surface area contributed by atoms with Crippen molar-refractivity contribution in [2.45, 2.75) is 25.4 Å². The van der Waals surface area contributed by atoms with Gasteiger partial charge >= 0.3 is 0 Å². The van der Waals surface area contributed by atoms with Crippen LogP contribution in [0.3, 0.4) is 0 Å². The van der Waals surface area contributed by atoms with Crippen LogP contribution in [-0.2, 0) is 4.84 Å². The second-order valence-corrected chi connectivity index (χ2v) is 4.84. The Labute approximate surface area is 90.6 Å². The van der Waals surface area contributed by atoms with Gasteiger partial charge in [-0.25, -0.2) is 0 Å². The van der Waals surface area contributed by atoms with Crippen LogP contribution in [0.2, 0.25) is 0 Å². The maximum absolute atomic E-state index is 5.50. The molecule has 0 spiro atoms. The monoisotopic (exact) mass is 209 g/mol. The van der Waals surface area contributed by atoms with E-state index in [0.717, 1.165) is 45.1 Å². The van der Waals surface area contributed by atoms with Crippen molar-refractivity contribution in [2.24, 2.45) is 11.1 Å². The van der Waals surface area contributed by atoms with E-state index in [4.69, 9.17) is 4.84 Å². The van der Waals surface area contributed by atoms with E-state index >= 15 is 0 Å². The van der Waals surface area contributed by atoms with E-state index in [1.165, 1.54) is 18.6 Å². The standard InChI is InChI=1S/C11H19N3O/c1-2-9(1)11-7-10(15-13-11)8-14-5-3-12-4-6-14/h9-10,12H,1-8H2. The topological polar surface area (TPSA) is 36.9 Å². The lowest BCUT2D eigenvalue weighted by Crippen LogP contribution is -2.46. The van der Waals surface area contributed by atoms with E-state index in [9.17, 15) is 0 Å². The highest BCUT2D eigenvalue weighted by atomic mass is 16.6. The number of hydrogen-bond acceptors (Lipinski definition) is 4. The molecule has 1 aliphatic carbocycles. The Morgan fingerprint density at radius 2 is 2.13 bits per heavy atom. The fourth-order valence-corrected chi connectivity index (χ4v) is 2.39. The summed E-state index contributed by atoms with van der Waals surface area (Å²) in [6.45, 7) is 5.59. The molecule has 1 unspecified atom stereocenters. The minimum absolute atomic E-state index is 0.332. The second-order valence-electron chi connectivity index (χ2n) is 4.84. The van der Waals surface area contributed by atoms with Crippen LogP contribution < -0.4 is 5.32 Å². The summed E-state index contributed by atoms with van der Waals surface area (Å²) in [7, 11) is 0. The minimum atomic E-state index is 0.332. The Morgan fingerprint density at radius 3 is 2.87 bits per heavy atom. The summed E-state index contributed by atoms with van der Waals surface area (Å²) in [4.78, 5) is 7.97. The van der Waals surface area contributed by atoms with Gasteiger partial charge < -0.3 is 10.2 Å². The first-order valence-corrected chi connectivity index (χ1v) is 6.07. The number of hydrogen-bond donors (Lipinski definition) is 1. The second kappa shape index (κ2) is 4.10. The van der Waals surface area contributed by atoms with Gasteiger partial charge in [0.2, 0.25) is 0 Å². The molecule has 0 radical (unpaired) electrons. The number of oxime groups is 1. The molecule has 15 heavy (non-hydrogen) atoms. The predicted octanol–water partition coefficient (Wildman–Crippen LogP) is 0.446.